The van der Waals surface area contributed by atoms with Crippen molar-refractivity contribution in [3.05, 3.63) is 64.1 Å². The molecule has 0 amide bonds. The molecule has 2 rings (SSSR count). The predicted octanol–water partition coefficient (Wildman–Crippen LogP) is 4.90. The highest BCUT2D eigenvalue weighted by atomic mass is 79.9. The van der Waals surface area contributed by atoms with Crippen molar-refractivity contribution in [2.75, 3.05) is 0 Å². The Morgan fingerprint density at radius 3 is 2.43 bits per heavy atom. The molecule has 0 bridgehead atoms. The molecule has 2 aromatic rings. The van der Waals surface area contributed by atoms with E-state index in [0.29, 0.717) is 6.54 Å². The molecule has 1 atom stereocenters. The summed E-state index contributed by atoms with van der Waals surface area (Å²) in [6, 6.07) is 14.7. The summed E-state index contributed by atoms with van der Waals surface area (Å²) in [5, 5.41) is 3.31. The minimum absolute atomic E-state index is 0.0939. The fraction of sp³-hybridized carbons (Fsp3) is 0.250. The maximum Gasteiger partial charge on any atom is 0.387 e. The Morgan fingerprint density at radius 2 is 1.76 bits per heavy atom. The largest absolute Gasteiger partial charge is 0.434 e. The van der Waals surface area contributed by atoms with Crippen molar-refractivity contribution in [3.8, 4) is 5.75 Å². The van der Waals surface area contributed by atoms with Crippen molar-refractivity contribution in [1.82, 2.24) is 5.32 Å². The van der Waals surface area contributed by atoms with Gasteiger partial charge in [-0.25, -0.2) is 0 Å². The van der Waals surface area contributed by atoms with Gasteiger partial charge in [-0.2, -0.15) is 8.78 Å². The highest BCUT2D eigenvalue weighted by molar-refractivity contribution is 9.10. The molecular weight excluding hydrogens is 340 g/mol. The van der Waals surface area contributed by atoms with Gasteiger partial charge in [-0.3, -0.25) is 0 Å². The number of hydrogen-bond acceptors (Lipinski definition) is 2. The maximum atomic E-state index is 12.4. The van der Waals surface area contributed by atoms with Crippen LogP contribution in [0.1, 0.15) is 24.1 Å². The summed E-state index contributed by atoms with van der Waals surface area (Å²) in [5.41, 5.74) is 1.84. The number of benzene rings is 2. The first kappa shape index (κ1) is 15.9. The van der Waals surface area contributed by atoms with E-state index in [1.54, 1.807) is 18.2 Å². The Bertz CT molecular complexity index is 575. The molecule has 0 saturated heterocycles. The van der Waals surface area contributed by atoms with Crippen molar-refractivity contribution >= 4 is 15.9 Å². The average Bonchev–Trinajstić information content (AvgIpc) is 2.46. The third kappa shape index (κ3) is 4.79. The van der Waals surface area contributed by atoms with Gasteiger partial charge in [-0.15, -0.1) is 0 Å². The molecule has 112 valence electrons. The summed E-state index contributed by atoms with van der Waals surface area (Å²) < 4.78 is 30.4. The SMILES string of the molecule is CC(NCc1ccc(Br)cc1)c1ccccc1OC(F)F. The van der Waals surface area contributed by atoms with E-state index < -0.39 is 6.61 Å². The number of alkyl halides is 2. The predicted molar refractivity (Wildman–Crippen MR) is 82.5 cm³/mol. The first-order valence-electron chi connectivity index (χ1n) is 6.58. The second kappa shape index (κ2) is 7.52. The van der Waals surface area contributed by atoms with E-state index in [2.05, 4.69) is 26.0 Å². The lowest BCUT2D eigenvalue weighted by Gasteiger charge is -2.18. The second-order valence-corrected chi connectivity index (χ2v) is 5.56. The Hall–Kier alpha value is -1.46. The molecule has 5 heteroatoms. The highest BCUT2D eigenvalue weighted by Crippen LogP contribution is 2.26. The van der Waals surface area contributed by atoms with Crippen molar-refractivity contribution in [3.63, 3.8) is 0 Å². The summed E-state index contributed by atoms with van der Waals surface area (Å²) in [4.78, 5) is 0. The fourth-order valence-corrected chi connectivity index (χ4v) is 2.29. The van der Waals surface area contributed by atoms with Gasteiger partial charge in [0.05, 0.1) is 0 Å². The molecule has 0 aliphatic rings. The van der Waals surface area contributed by atoms with E-state index in [1.165, 1.54) is 0 Å². The molecule has 0 aliphatic carbocycles. The zero-order valence-corrected chi connectivity index (χ0v) is 13.1. The molecule has 21 heavy (non-hydrogen) atoms. The molecule has 0 radical (unpaired) electrons. The van der Waals surface area contributed by atoms with Crippen molar-refractivity contribution in [1.29, 1.82) is 0 Å². The van der Waals surface area contributed by atoms with Crippen LogP contribution in [0.15, 0.2) is 53.0 Å². The van der Waals surface area contributed by atoms with E-state index in [-0.39, 0.29) is 11.8 Å². The number of ether oxygens (including phenoxy) is 1. The van der Waals surface area contributed by atoms with Crippen LogP contribution in [0, 0.1) is 0 Å². The average molecular weight is 356 g/mol. The number of halogens is 3. The number of para-hydroxylation sites is 1. The van der Waals surface area contributed by atoms with Gasteiger partial charge in [0.1, 0.15) is 5.75 Å². The van der Waals surface area contributed by atoms with E-state index in [1.807, 2.05) is 37.3 Å². The van der Waals surface area contributed by atoms with Crippen LogP contribution >= 0.6 is 15.9 Å². The summed E-state index contributed by atoms with van der Waals surface area (Å²) >= 11 is 3.39. The van der Waals surface area contributed by atoms with Crippen molar-refractivity contribution in [2.24, 2.45) is 0 Å². The number of nitrogens with one attached hydrogen (secondary N) is 1. The zero-order valence-electron chi connectivity index (χ0n) is 11.5. The van der Waals surface area contributed by atoms with Crippen LogP contribution in [0.2, 0.25) is 0 Å². The zero-order chi connectivity index (χ0) is 15.2. The van der Waals surface area contributed by atoms with Crippen LogP contribution < -0.4 is 10.1 Å². The lowest BCUT2D eigenvalue weighted by atomic mass is 10.1. The first-order chi connectivity index (χ1) is 10.1. The molecule has 2 nitrogen and oxygen atoms in total. The summed E-state index contributed by atoms with van der Waals surface area (Å²) in [6.07, 6.45) is 0. The lowest BCUT2D eigenvalue weighted by molar-refractivity contribution is -0.0506. The van der Waals surface area contributed by atoms with E-state index in [4.69, 9.17) is 0 Å². The molecule has 0 spiro atoms. The lowest BCUT2D eigenvalue weighted by Crippen LogP contribution is -2.19. The summed E-state index contributed by atoms with van der Waals surface area (Å²) in [5.74, 6) is 0.211. The normalized spacial score (nSPS) is 12.4. The quantitative estimate of drug-likeness (QED) is 0.795. The van der Waals surface area contributed by atoms with Crippen LogP contribution in [-0.2, 0) is 6.54 Å². The van der Waals surface area contributed by atoms with Crippen LogP contribution in [-0.4, -0.2) is 6.61 Å². The molecule has 1 N–H and O–H groups in total. The molecule has 0 fully saturated rings. The van der Waals surface area contributed by atoms with Crippen molar-refractivity contribution in [2.45, 2.75) is 26.1 Å². The molecule has 0 saturated carbocycles. The first-order valence-corrected chi connectivity index (χ1v) is 7.37. The molecule has 2 aromatic carbocycles. The van der Waals surface area contributed by atoms with Gasteiger partial charge in [0.15, 0.2) is 0 Å². The van der Waals surface area contributed by atoms with Gasteiger partial charge >= 0.3 is 6.61 Å². The Morgan fingerprint density at radius 1 is 1.10 bits per heavy atom. The number of hydrogen-bond donors (Lipinski definition) is 1. The van der Waals surface area contributed by atoms with E-state index in [9.17, 15) is 8.78 Å². The van der Waals surface area contributed by atoms with E-state index in [0.717, 1.165) is 15.6 Å². The van der Waals surface area contributed by atoms with Gasteiger partial charge < -0.3 is 10.1 Å². The molecule has 0 heterocycles. The third-order valence-electron chi connectivity index (χ3n) is 3.13. The van der Waals surface area contributed by atoms with Crippen LogP contribution in [0.3, 0.4) is 0 Å². The summed E-state index contributed by atoms with van der Waals surface area (Å²) in [7, 11) is 0. The van der Waals surface area contributed by atoms with Gasteiger partial charge in [-0.05, 0) is 30.7 Å². The molecule has 0 aliphatic heterocycles. The van der Waals surface area contributed by atoms with Gasteiger partial charge in [-0.1, -0.05) is 46.3 Å². The van der Waals surface area contributed by atoms with Crippen molar-refractivity contribution < 1.29 is 13.5 Å². The number of rotatable bonds is 6. The minimum atomic E-state index is -2.81. The third-order valence-corrected chi connectivity index (χ3v) is 3.66. The van der Waals surface area contributed by atoms with E-state index >= 15 is 0 Å². The monoisotopic (exact) mass is 355 g/mol. The van der Waals surface area contributed by atoms with Gasteiger partial charge in [0.25, 0.3) is 0 Å². The standard InChI is InChI=1S/C16H16BrF2NO/c1-11(20-10-12-6-8-13(17)9-7-12)14-4-2-3-5-15(14)21-16(18)19/h2-9,11,16,20H,10H2,1H3. The fourth-order valence-electron chi connectivity index (χ4n) is 2.02. The van der Waals surface area contributed by atoms with Crippen LogP contribution in [0.4, 0.5) is 8.78 Å². The van der Waals surface area contributed by atoms with Gasteiger partial charge in [0.2, 0.25) is 0 Å². The topological polar surface area (TPSA) is 21.3 Å². The second-order valence-electron chi connectivity index (χ2n) is 4.65. The van der Waals surface area contributed by atoms with Crippen LogP contribution in [0.5, 0.6) is 5.75 Å². The minimum Gasteiger partial charge on any atom is -0.434 e. The highest BCUT2D eigenvalue weighted by Gasteiger charge is 2.14. The van der Waals surface area contributed by atoms with Gasteiger partial charge in [0, 0.05) is 22.6 Å². The summed E-state index contributed by atoms with van der Waals surface area (Å²) in [6.45, 7) is -0.242. The smallest absolute Gasteiger partial charge is 0.387 e. The Kier molecular flexibility index (Phi) is 5.70. The maximum absolute atomic E-state index is 12.4. The Balaban J connectivity index is 2.03. The molecule has 0 aromatic heterocycles. The van der Waals surface area contributed by atoms with Crippen LogP contribution in [0.25, 0.3) is 0 Å². The molecule has 1 unspecified atom stereocenters. The Labute approximate surface area is 131 Å². The molecular formula is C16H16BrF2NO.